The molecule has 2 N–H and O–H groups in total. The van der Waals surface area contributed by atoms with Gasteiger partial charge in [0.15, 0.2) is 0 Å². The molecule has 146 valence electrons. The van der Waals surface area contributed by atoms with E-state index in [1.54, 1.807) is 11.8 Å². The molecule has 2 heterocycles. The summed E-state index contributed by atoms with van der Waals surface area (Å²) < 4.78 is 6.95. The fraction of sp³-hybridized carbons (Fsp3) is 0.400. The van der Waals surface area contributed by atoms with Crippen LogP contribution in [-0.2, 0) is 0 Å². The lowest BCUT2D eigenvalue weighted by Crippen LogP contribution is -2.38. The molecule has 1 saturated carbocycles. The number of methoxy groups -OCH3 is 1. The molecule has 28 heavy (non-hydrogen) atoms. The molecular formula is C20H23N5O3. The Hall–Kier alpha value is -3.00. The molecule has 1 aliphatic carbocycles. The van der Waals surface area contributed by atoms with Gasteiger partial charge in [-0.25, -0.2) is 9.97 Å². The van der Waals surface area contributed by atoms with Gasteiger partial charge in [0, 0.05) is 29.9 Å². The van der Waals surface area contributed by atoms with Gasteiger partial charge in [0.25, 0.3) is 11.9 Å². The zero-order chi connectivity index (χ0) is 19.7. The molecule has 0 atom stereocenters. The molecule has 0 unspecified atom stereocenters. The third-order valence-corrected chi connectivity index (χ3v) is 5.19. The number of carbonyl (C=O) groups is 1. The van der Waals surface area contributed by atoms with E-state index in [-0.39, 0.29) is 18.1 Å². The van der Waals surface area contributed by atoms with Crippen molar-refractivity contribution in [3.63, 3.8) is 0 Å². The maximum Gasteiger partial charge on any atom is 0.254 e. The van der Waals surface area contributed by atoms with Crippen LogP contribution in [0, 0.1) is 6.92 Å². The summed E-state index contributed by atoms with van der Waals surface area (Å²) in [6.07, 6.45) is 5.78. The lowest BCUT2D eigenvalue weighted by molar-refractivity contribution is 0.0867. The molecule has 0 radical (unpaired) electrons. The third kappa shape index (κ3) is 3.55. The average Bonchev–Trinajstić information content (AvgIpc) is 3.05. The molecule has 1 aromatic carbocycles. The zero-order valence-electron chi connectivity index (χ0n) is 15.9. The van der Waals surface area contributed by atoms with Crippen molar-refractivity contribution in [1.82, 2.24) is 25.1 Å². The first-order valence-electron chi connectivity index (χ1n) is 9.40. The summed E-state index contributed by atoms with van der Waals surface area (Å²) in [5.41, 5.74) is 2.11. The Morgan fingerprint density at radius 2 is 1.93 bits per heavy atom. The Labute approximate surface area is 162 Å². The van der Waals surface area contributed by atoms with E-state index in [4.69, 9.17) is 4.74 Å². The van der Waals surface area contributed by atoms with Gasteiger partial charge in [0.05, 0.1) is 30.0 Å². The van der Waals surface area contributed by atoms with Gasteiger partial charge in [0.2, 0.25) is 0 Å². The number of hydrogen-bond donors (Lipinski definition) is 2. The maximum absolute atomic E-state index is 12.4. The van der Waals surface area contributed by atoms with E-state index in [9.17, 15) is 9.90 Å². The largest absolute Gasteiger partial charge is 0.497 e. The first kappa shape index (κ1) is 18.4. The molecular weight excluding hydrogens is 358 g/mol. The second kappa shape index (κ2) is 7.55. The first-order valence-corrected chi connectivity index (χ1v) is 9.40. The molecule has 0 saturated heterocycles. The highest BCUT2D eigenvalue weighted by Gasteiger charge is 2.21. The van der Waals surface area contributed by atoms with Crippen molar-refractivity contribution in [3.8, 4) is 11.7 Å². The molecule has 3 aromatic rings. The quantitative estimate of drug-likeness (QED) is 0.718. The number of nitrogens with one attached hydrogen (secondary N) is 1. The van der Waals surface area contributed by atoms with E-state index in [1.165, 1.54) is 12.4 Å². The number of hydrogen-bond acceptors (Lipinski definition) is 6. The van der Waals surface area contributed by atoms with Crippen LogP contribution in [-0.4, -0.2) is 50.0 Å². The number of nitrogens with zero attached hydrogens (tertiary/aromatic N) is 4. The van der Waals surface area contributed by atoms with Crippen LogP contribution in [0.2, 0.25) is 0 Å². The van der Waals surface area contributed by atoms with Crippen LogP contribution in [0.5, 0.6) is 5.75 Å². The van der Waals surface area contributed by atoms with Crippen LogP contribution in [0.3, 0.4) is 0 Å². The minimum atomic E-state index is -0.248. The lowest BCUT2D eigenvalue weighted by Gasteiger charge is -2.26. The normalized spacial score (nSPS) is 19.5. The number of aryl methyl sites for hydroxylation is 1. The van der Waals surface area contributed by atoms with Gasteiger partial charge in [-0.05, 0) is 44.7 Å². The molecule has 1 aliphatic rings. The number of ether oxygens (including phenoxy) is 1. The van der Waals surface area contributed by atoms with Crippen LogP contribution in [0.15, 0.2) is 30.6 Å². The van der Waals surface area contributed by atoms with Crippen molar-refractivity contribution in [2.75, 3.05) is 7.11 Å². The summed E-state index contributed by atoms with van der Waals surface area (Å²) in [6.45, 7) is 1.92. The summed E-state index contributed by atoms with van der Waals surface area (Å²) in [7, 11) is 1.62. The molecule has 0 aliphatic heterocycles. The maximum atomic E-state index is 12.4. The Morgan fingerprint density at radius 3 is 2.61 bits per heavy atom. The SMILES string of the molecule is COc1ccc2c(C)nn(-c3ncc(C(=O)NC4CCC(O)CC4)cn3)c2c1. The van der Waals surface area contributed by atoms with Crippen LogP contribution in [0.25, 0.3) is 16.9 Å². The summed E-state index contributed by atoms with van der Waals surface area (Å²) in [4.78, 5) is 21.1. The van der Waals surface area contributed by atoms with Crippen molar-refractivity contribution >= 4 is 16.8 Å². The standard InChI is InChI=1S/C20H23N5O3/c1-12-17-8-7-16(28-2)9-18(17)25(24-12)20-21-10-13(11-22-20)19(27)23-14-3-5-15(26)6-4-14/h7-11,14-15,26H,3-6H2,1-2H3,(H,23,27). The minimum Gasteiger partial charge on any atom is -0.497 e. The predicted molar refractivity (Wildman–Crippen MR) is 104 cm³/mol. The molecule has 0 bridgehead atoms. The second-order valence-corrected chi connectivity index (χ2v) is 7.13. The van der Waals surface area contributed by atoms with Crippen LogP contribution >= 0.6 is 0 Å². The van der Waals surface area contributed by atoms with Crippen molar-refractivity contribution in [1.29, 1.82) is 0 Å². The number of aliphatic hydroxyl groups is 1. The highest BCUT2D eigenvalue weighted by atomic mass is 16.5. The van der Waals surface area contributed by atoms with Crippen LogP contribution in [0.4, 0.5) is 0 Å². The van der Waals surface area contributed by atoms with Gasteiger partial charge in [0.1, 0.15) is 5.75 Å². The van der Waals surface area contributed by atoms with Gasteiger partial charge < -0.3 is 15.2 Å². The van der Waals surface area contributed by atoms with Gasteiger partial charge in [-0.2, -0.15) is 9.78 Å². The summed E-state index contributed by atoms with van der Waals surface area (Å²) in [5.74, 6) is 0.919. The van der Waals surface area contributed by atoms with Crippen molar-refractivity contribution in [3.05, 3.63) is 41.9 Å². The fourth-order valence-corrected chi connectivity index (χ4v) is 3.57. The highest BCUT2D eigenvalue weighted by Crippen LogP contribution is 2.25. The number of amides is 1. The van der Waals surface area contributed by atoms with Gasteiger partial charge >= 0.3 is 0 Å². The summed E-state index contributed by atoms with van der Waals surface area (Å²) in [5, 5.41) is 18.1. The van der Waals surface area contributed by atoms with E-state index < -0.39 is 0 Å². The van der Waals surface area contributed by atoms with Gasteiger partial charge in [-0.1, -0.05) is 0 Å². The lowest BCUT2D eigenvalue weighted by atomic mass is 9.93. The molecule has 2 aromatic heterocycles. The first-order chi connectivity index (χ1) is 13.5. The monoisotopic (exact) mass is 381 g/mol. The van der Waals surface area contributed by atoms with E-state index >= 15 is 0 Å². The van der Waals surface area contributed by atoms with E-state index in [0.29, 0.717) is 11.5 Å². The number of aliphatic hydroxyl groups excluding tert-OH is 1. The van der Waals surface area contributed by atoms with Gasteiger partial charge in [-0.3, -0.25) is 4.79 Å². The smallest absolute Gasteiger partial charge is 0.254 e. The number of rotatable bonds is 4. The molecule has 0 spiro atoms. The van der Waals surface area contributed by atoms with Crippen molar-refractivity contribution in [2.24, 2.45) is 0 Å². The van der Waals surface area contributed by atoms with E-state index in [2.05, 4.69) is 20.4 Å². The van der Waals surface area contributed by atoms with Gasteiger partial charge in [-0.15, -0.1) is 0 Å². The number of carbonyl (C=O) groups excluding carboxylic acids is 1. The second-order valence-electron chi connectivity index (χ2n) is 7.13. The minimum absolute atomic E-state index is 0.0840. The summed E-state index contributed by atoms with van der Waals surface area (Å²) >= 11 is 0. The topological polar surface area (TPSA) is 102 Å². The van der Waals surface area contributed by atoms with E-state index in [1.807, 2.05) is 25.1 Å². The van der Waals surface area contributed by atoms with Crippen LogP contribution in [0.1, 0.15) is 41.7 Å². The predicted octanol–water partition coefficient (Wildman–Crippen LogP) is 2.17. The highest BCUT2D eigenvalue weighted by molar-refractivity contribution is 5.93. The Morgan fingerprint density at radius 1 is 1.21 bits per heavy atom. The van der Waals surface area contributed by atoms with E-state index in [0.717, 1.165) is 48.0 Å². The Balaban J connectivity index is 1.55. The number of aromatic nitrogens is 4. The zero-order valence-corrected chi connectivity index (χ0v) is 15.9. The Kier molecular flexibility index (Phi) is 4.95. The third-order valence-electron chi connectivity index (χ3n) is 5.19. The number of fused-ring (bicyclic) bond motifs is 1. The molecule has 8 heteroatoms. The van der Waals surface area contributed by atoms with Crippen molar-refractivity contribution in [2.45, 2.75) is 44.8 Å². The van der Waals surface area contributed by atoms with Crippen LogP contribution < -0.4 is 10.1 Å². The Bertz CT molecular complexity index is 991. The molecule has 8 nitrogen and oxygen atoms in total. The van der Waals surface area contributed by atoms with Crippen molar-refractivity contribution < 1.29 is 14.6 Å². The number of benzene rings is 1. The molecule has 4 rings (SSSR count). The summed E-state index contributed by atoms with van der Waals surface area (Å²) in [6, 6.07) is 5.81. The molecule has 1 amide bonds. The molecule has 1 fully saturated rings. The fourth-order valence-electron chi connectivity index (χ4n) is 3.57. The average molecular weight is 381 g/mol.